The normalized spacial score (nSPS) is 24.0. The SMILES string of the molecule is C[C@@H]1CN(Cc2cscc2Br)CCN1. The molecule has 0 radical (unpaired) electrons. The average molecular weight is 275 g/mol. The summed E-state index contributed by atoms with van der Waals surface area (Å²) in [6.07, 6.45) is 0. The Morgan fingerprint density at radius 3 is 3.14 bits per heavy atom. The van der Waals surface area contributed by atoms with Crippen molar-refractivity contribution in [3.8, 4) is 0 Å². The number of hydrogen-bond donors (Lipinski definition) is 1. The quantitative estimate of drug-likeness (QED) is 0.891. The second-order valence-electron chi connectivity index (χ2n) is 3.84. The smallest absolute Gasteiger partial charge is 0.0327 e. The molecule has 1 aromatic rings. The van der Waals surface area contributed by atoms with Crippen molar-refractivity contribution in [2.45, 2.75) is 19.5 Å². The molecule has 1 saturated heterocycles. The van der Waals surface area contributed by atoms with Crippen LogP contribution in [0.1, 0.15) is 12.5 Å². The molecule has 0 bridgehead atoms. The first-order valence-electron chi connectivity index (χ1n) is 4.92. The molecule has 4 heteroatoms. The summed E-state index contributed by atoms with van der Waals surface area (Å²) < 4.78 is 1.26. The molecular weight excluding hydrogens is 260 g/mol. The summed E-state index contributed by atoms with van der Waals surface area (Å²) in [6, 6.07) is 0.626. The Balaban J connectivity index is 1.94. The molecular formula is C10H15BrN2S. The number of nitrogens with one attached hydrogen (secondary N) is 1. The molecule has 1 fully saturated rings. The van der Waals surface area contributed by atoms with Gasteiger partial charge in [0, 0.05) is 42.1 Å². The number of thiophene rings is 1. The number of rotatable bonds is 2. The summed E-state index contributed by atoms with van der Waals surface area (Å²) >= 11 is 5.34. The van der Waals surface area contributed by atoms with Crippen molar-refractivity contribution >= 4 is 27.3 Å². The van der Waals surface area contributed by atoms with Crippen molar-refractivity contribution in [1.82, 2.24) is 10.2 Å². The Morgan fingerprint density at radius 1 is 1.64 bits per heavy atom. The molecule has 0 amide bonds. The van der Waals surface area contributed by atoms with Gasteiger partial charge in [0.15, 0.2) is 0 Å². The van der Waals surface area contributed by atoms with Gasteiger partial charge in [0.25, 0.3) is 0 Å². The Kier molecular flexibility index (Phi) is 3.60. The van der Waals surface area contributed by atoms with E-state index in [0.717, 1.165) is 26.2 Å². The molecule has 0 saturated carbocycles. The van der Waals surface area contributed by atoms with Crippen molar-refractivity contribution < 1.29 is 0 Å². The summed E-state index contributed by atoms with van der Waals surface area (Å²) in [5.41, 5.74) is 1.42. The van der Waals surface area contributed by atoms with Crippen molar-refractivity contribution in [3.63, 3.8) is 0 Å². The highest BCUT2D eigenvalue weighted by Gasteiger charge is 2.16. The first kappa shape index (κ1) is 10.6. The molecule has 0 aromatic carbocycles. The third kappa shape index (κ3) is 2.57. The van der Waals surface area contributed by atoms with Gasteiger partial charge in [0.2, 0.25) is 0 Å². The van der Waals surface area contributed by atoms with Gasteiger partial charge in [-0.1, -0.05) is 0 Å². The zero-order valence-electron chi connectivity index (χ0n) is 8.29. The van der Waals surface area contributed by atoms with Crippen LogP contribution in [0.5, 0.6) is 0 Å². The standard InChI is InChI=1S/C10H15BrN2S/c1-8-4-13(3-2-12-8)5-9-6-14-7-10(9)11/h6-8,12H,2-5H2,1H3/t8-/m1/s1. The predicted molar refractivity (Wildman–Crippen MR) is 64.8 cm³/mol. The molecule has 78 valence electrons. The van der Waals surface area contributed by atoms with Crippen molar-refractivity contribution in [1.29, 1.82) is 0 Å². The topological polar surface area (TPSA) is 15.3 Å². The largest absolute Gasteiger partial charge is 0.312 e. The van der Waals surface area contributed by atoms with Crippen LogP contribution in [-0.4, -0.2) is 30.6 Å². The van der Waals surface area contributed by atoms with Crippen molar-refractivity contribution in [2.24, 2.45) is 0 Å². The van der Waals surface area contributed by atoms with Crippen LogP contribution in [-0.2, 0) is 6.54 Å². The highest BCUT2D eigenvalue weighted by Crippen LogP contribution is 2.23. The number of hydrogen-bond acceptors (Lipinski definition) is 3. The lowest BCUT2D eigenvalue weighted by Crippen LogP contribution is -2.48. The monoisotopic (exact) mass is 274 g/mol. The van der Waals surface area contributed by atoms with E-state index in [-0.39, 0.29) is 0 Å². The lowest BCUT2D eigenvalue weighted by Gasteiger charge is -2.31. The number of halogens is 1. The lowest BCUT2D eigenvalue weighted by atomic mass is 10.2. The molecule has 2 heterocycles. The maximum Gasteiger partial charge on any atom is 0.0327 e. The third-order valence-corrected chi connectivity index (χ3v) is 4.37. The number of nitrogens with zero attached hydrogens (tertiary/aromatic N) is 1. The molecule has 0 unspecified atom stereocenters. The van der Waals surface area contributed by atoms with Crippen LogP contribution >= 0.6 is 27.3 Å². The highest BCUT2D eigenvalue weighted by molar-refractivity contribution is 9.10. The van der Waals surface area contributed by atoms with E-state index >= 15 is 0 Å². The van der Waals surface area contributed by atoms with E-state index in [1.54, 1.807) is 11.3 Å². The third-order valence-electron chi connectivity index (χ3n) is 2.54. The van der Waals surface area contributed by atoms with E-state index in [9.17, 15) is 0 Å². The van der Waals surface area contributed by atoms with Crippen LogP contribution in [0.3, 0.4) is 0 Å². The fourth-order valence-electron chi connectivity index (χ4n) is 1.82. The zero-order chi connectivity index (χ0) is 9.97. The lowest BCUT2D eigenvalue weighted by molar-refractivity contribution is 0.199. The van der Waals surface area contributed by atoms with E-state index in [2.05, 4.69) is 43.8 Å². The molecule has 2 rings (SSSR count). The summed E-state index contributed by atoms with van der Waals surface area (Å²) in [6.45, 7) is 6.75. The van der Waals surface area contributed by atoms with Crippen LogP contribution in [0.25, 0.3) is 0 Å². The van der Waals surface area contributed by atoms with Crippen LogP contribution < -0.4 is 5.32 Å². The van der Waals surface area contributed by atoms with E-state index in [4.69, 9.17) is 0 Å². The minimum absolute atomic E-state index is 0.626. The predicted octanol–water partition coefficient (Wildman–Crippen LogP) is 2.30. The van der Waals surface area contributed by atoms with Crippen molar-refractivity contribution in [2.75, 3.05) is 19.6 Å². The molecule has 1 atom stereocenters. The van der Waals surface area contributed by atoms with E-state index in [1.165, 1.54) is 10.0 Å². The fraction of sp³-hybridized carbons (Fsp3) is 0.600. The second-order valence-corrected chi connectivity index (χ2v) is 5.43. The molecule has 1 N–H and O–H groups in total. The molecule has 2 nitrogen and oxygen atoms in total. The Morgan fingerprint density at radius 2 is 2.50 bits per heavy atom. The summed E-state index contributed by atoms with van der Waals surface area (Å²) in [4.78, 5) is 2.51. The first-order valence-corrected chi connectivity index (χ1v) is 6.65. The maximum absolute atomic E-state index is 3.58. The van der Waals surface area contributed by atoms with Gasteiger partial charge in [-0.25, -0.2) is 0 Å². The summed E-state index contributed by atoms with van der Waals surface area (Å²) in [5, 5.41) is 7.84. The average Bonchev–Trinajstić information content (AvgIpc) is 2.52. The van der Waals surface area contributed by atoms with E-state index in [1.807, 2.05) is 0 Å². The van der Waals surface area contributed by atoms with E-state index < -0.39 is 0 Å². The Bertz CT molecular complexity index is 300. The Hall–Kier alpha value is 0.1000. The minimum Gasteiger partial charge on any atom is -0.312 e. The van der Waals surface area contributed by atoms with Gasteiger partial charge in [0.1, 0.15) is 0 Å². The van der Waals surface area contributed by atoms with Gasteiger partial charge in [-0.3, -0.25) is 4.90 Å². The molecule has 0 spiro atoms. The molecule has 0 aliphatic carbocycles. The van der Waals surface area contributed by atoms with Crippen molar-refractivity contribution in [3.05, 3.63) is 20.8 Å². The van der Waals surface area contributed by atoms with Gasteiger partial charge < -0.3 is 5.32 Å². The van der Waals surface area contributed by atoms with Crippen LogP contribution in [0, 0.1) is 0 Å². The van der Waals surface area contributed by atoms with E-state index in [0.29, 0.717) is 6.04 Å². The van der Waals surface area contributed by atoms with Gasteiger partial charge >= 0.3 is 0 Å². The summed E-state index contributed by atoms with van der Waals surface area (Å²) in [7, 11) is 0. The summed E-state index contributed by atoms with van der Waals surface area (Å²) in [5.74, 6) is 0. The van der Waals surface area contributed by atoms with Gasteiger partial charge in [-0.05, 0) is 33.8 Å². The zero-order valence-corrected chi connectivity index (χ0v) is 10.7. The minimum atomic E-state index is 0.626. The fourth-order valence-corrected chi connectivity index (χ4v) is 3.24. The van der Waals surface area contributed by atoms with Crippen LogP contribution in [0.4, 0.5) is 0 Å². The second kappa shape index (κ2) is 4.75. The molecule has 14 heavy (non-hydrogen) atoms. The number of piperazine rings is 1. The highest BCUT2D eigenvalue weighted by atomic mass is 79.9. The van der Waals surface area contributed by atoms with Gasteiger partial charge in [-0.15, -0.1) is 0 Å². The first-order chi connectivity index (χ1) is 6.75. The molecule has 1 aliphatic rings. The van der Waals surface area contributed by atoms with Crippen LogP contribution in [0.15, 0.2) is 15.2 Å². The Labute approximate surface area is 97.4 Å². The van der Waals surface area contributed by atoms with Crippen LogP contribution in [0.2, 0.25) is 0 Å². The maximum atomic E-state index is 3.58. The van der Waals surface area contributed by atoms with Gasteiger partial charge in [0.05, 0.1) is 0 Å². The van der Waals surface area contributed by atoms with Gasteiger partial charge in [-0.2, -0.15) is 11.3 Å². The molecule has 1 aliphatic heterocycles. The molecule has 1 aromatic heterocycles.